The normalized spacial score (nSPS) is 10.8. The summed E-state index contributed by atoms with van der Waals surface area (Å²) in [7, 11) is 0. The fourth-order valence-corrected chi connectivity index (χ4v) is 2.95. The van der Waals surface area contributed by atoms with Gasteiger partial charge >= 0.3 is 0 Å². The first-order valence-electron chi connectivity index (χ1n) is 9.22. The molecular weight excluding hydrogens is 350 g/mol. The van der Waals surface area contributed by atoms with Gasteiger partial charge in [-0.3, -0.25) is 4.79 Å². The van der Waals surface area contributed by atoms with Crippen LogP contribution in [0, 0.1) is 6.92 Å². The molecule has 0 aliphatic heterocycles. The number of hydrogen-bond donors (Lipinski definition) is 1. The van der Waals surface area contributed by atoms with Crippen molar-refractivity contribution in [3.8, 4) is 17.1 Å². The van der Waals surface area contributed by atoms with Crippen molar-refractivity contribution in [2.24, 2.45) is 0 Å². The number of benzene rings is 2. The number of nitrogens with zero attached hydrogens (tertiary/aromatic N) is 2. The highest BCUT2D eigenvalue weighted by Gasteiger charge is 2.09. The van der Waals surface area contributed by atoms with Gasteiger partial charge in [0.1, 0.15) is 6.26 Å². The van der Waals surface area contributed by atoms with Crippen molar-refractivity contribution < 1.29 is 9.21 Å². The van der Waals surface area contributed by atoms with Crippen molar-refractivity contribution in [3.05, 3.63) is 96.1 Å². The van der Waals surface area contributed by atoms with Gasteiger partial charge in [0.2, 0.25) is 5.89 Å². The summed E-state index contributed by atoms with van der Waals surface area (Å²) in [5.74, 6) is 0.503. The Bertz CT molecular complexity index is 1050. The molecule has 2 heterocycles. The maximum Gasteiger partial charge on any atom is 0.251 e. The molecule has 0 atom stereocenters. The van der Waals surface area contributed by atoms with Gasteiger partial charge in [-0.1, -0.05) is 17.7 Å². The molecule has 140 valence electrons. The summed E-state index contributed by atoms with van der Waals surface area (Å²) < 4.78 is 7.55. The molecule has 0 unspecified atom stereocenters. The summed E-state index contributed by atoms with van der Waals surface area (Å²) in [6.07, 6.45) is 6.20. The van der Waals surface area contributed by atoms with Crippen molar-refractivity contribution in [2.75, 3.05) is 6.54 Å². The van der Waals surface area contributed by atoms with Gasteiger partial charge in [-0.25, -0.2) is 4.98 Å². The molecule has 5 heteroatoms. The fraction of sp³-hybridized carbons (Fsp3) is 0.130. The lowest BCUT2D eigenvalue weighted by molar-refractivity contribution is 0.0954. The summed E-state index contributed by atoms with van der Waals surface area (Å²) in [6.45, 7) is 2.54. The Morgan fingerprint density at radius 3 is 2.46 bits per heavy atom. The van der Waals surface area contributed by atoms with Crippen LogP contribution in [0.25, 0.3) is 17.1 Å². The van der Waals surface area contributed by atoms with Gasteiger partial charge in [0.15, 0.2) is 0 Å². The largest absolute Gasteiger partial charge is 0.444 e. The first-order chi connectivity index (χ1) is 13.7. The summed E-state index contributed by atoms with van der Waals surface area (Å²) in [6, 6.07) is 19.5. The van der Waals surface area contributed by atoms with E-state index in [1.165, 1.54) is 5.56 Å². The fourth-order valence-electron chi connectivity index (χ4n) is 2.95. The minimum atomic E-state index is -0.0960. The van der Waals surface area contributed by atoms with Crippen LogP contribution >= 0.6 is 0 Å². The van der Waals surface area contributed by atoms with Gasteiger partial charge in [0, 0.05) is 42.2 Å². The Hall–Kier alpha value is -3.60. The molecule has 1 amide bonds. The highest BCUT2D eigenvalue weighted by Crippen LogP contribution is 2.19. The average molecular weight is 371 g/mol. The number of carbonyl (C=O) groups excluding carboxylic acids is 1. The van der Waals surface area contributed by atoms with E-state index in [1.54, 1.807) is 6.26 Å². The molecule has 0 radical (unpaired) electrons. The van der Waals surface area contributed by atoms with Crippen LogP contribution in [0.15, 0.2) is 83.7 Å². The molecule has 4 aromatic rings. The Kier molecular flexibility index (Phi) is 5.06. The molecule has 5 nitrogen and oxygen atoms in total. The third-order valence-corrected chi connectivity index (χ3v) is 4.55. The lowest BCUT2D eigenvalue weighted by Gasteiger charge is -2.06. The second kappa shape index (κ2) is 7.96. The SMILES string of the molecule is Cc1ccc(-c2nc(CCNC(=O)c3ccc(-n4cccc4)cc3)co2)cc1. The van der Waals surface area contributed by atoms with Gasteiger partial charge in [0.05, 0.1) is 5.69 Å². The Labute approximate surface area is 163 Å². The maximum absolute atomic E-state index is 12.3. The first-order valence-corrected chi connectivity index (χ1v) is 9.22. The number of nitrogens with one attached hydrogen (secondary N) is 1. The summed E-state index contributed by atoms with van der Waals surface area (Å²) in [4.78, 5) is 16.8. The Morgan fingerprint density at radius 1 is 1.04 bits per heavy atom. The van der Waals surface area contributed by atoms with Gasteiger partial charge < -0.3 is 14.3 Å². The molecule has 0 bridgehead atoms. The molecule has 0 fully saturated rings. The Morgan fingerprint density at radius 2 is 1.75 bits per heavy atom. The smallest absolute Gasteiger partial charge is 0.251 e. The van der Waals surface area contributed by atoms with Crippen LogP contribution in [0.1, 0.15) is 21.6 Å². The van der Waals surface area contributed by atoms with Crippen LogP contribution in [0.2, 0.25) is 0 Å². The van der Waals surface area contributed by atoms with E-state index < -0.39 is 0 Å². The summed E-state index contributed by atoms with van der Waals surface area (Å²) in [5, 5.41) is 2.93. The number of oxazole rings is 1. The molecule has 0 saturated carbocycles. The minimum Gasteiger partial charge on any atom is -0.444 e. The highest BCUT2D eigenvalue weighted by atomic mass is 16.3. The van der Waals surface area contributed by atoms with Crippen molar-refractivity contribution in [3.63, 3.8) is 0 Å². The molecule has 28 heavy (non-hydrogen) atoms. The van der Waals surface area contributed by atoms with Crippen LogP contribution in [0.3, 0.4) is 0 Å². The number of aromatic nitrogens is 2. The van der Waals surface area contributed by atoms with E-state index in [-0.39, 0.29) is 5.91 Å². The quantitative estimate of drug-likeness (QED) is 0.546. The maximum atomic E-state index is 12.3. The van der Waals surface area contributed by atoms with E-state index in [0.717, 1.165) is 16.9 Å². The molecule has 0 spiro atoms. The molecule has 0 aliphatic carbocycles. The Balaban J connectivity index is 1.31. The third kappa shape index (κ3) is 4.04. The van der Waals surface area contributed by atoms with Crippen LogP contribution in [0.5, 0.6) is 0 Å². The lowest BCUT2D eigenvalue weighted by atomic mass is 10.1. The summed E-state index contributed by atoms with van der Waals surface area (Å²) in [5.41, 5.74) is 4.62. The first kappa shape index (κ1) is 17.8. The van der Waals surface area contributed by atoms with Crippen LogP contribution in [-0.2, 0) is 6.42 Å². The molecule has 4 rings (SSSR count). The number of carbonyl (C=O) groups is 1. The van der Waals surface area contributed by atoms with Gasteiger partial charge in [-0.05, 0) is 55.5 Å². The van der Waals surface area contributed by atoms with Gasteiger partial charge in [0.25, 0.3) is 5.91 Å². The molecular formula is C23H21N3O2. The average Bonchev–Trinajstić information content (AvgIpc) is 3.41. The monoisotopic (exact) mass is 371 g/mol. The second-order valence-corrected chi connectivity index (χ2v) is 6.65. The van der Waals surface area contributed by atoms with E-state index in [2.05, 4.69) is 10.3 Å². The highest BCUT2D eigenvalue weighted by molar-refractivity contribution is 5.94. The van der Waals surface area contributed by atoms with E-state index in [9.17, 15) is 4.79 Å². The van der Waals surface area contributed by atoms with Crippen molar-refractivity contribution in [2.45, 2.75) is 13.3 Å². The molecule has 0 saturated heterocycles. The summed E-state index contributed by atoms with van der Waals surface area (Å²) >= 11 is 0. The topological polar surface area (TPSA) is 60.1 Å². The molecule has 2 aromatic heterocycles. The van der Waals surface area contributed by atoms with Crippen molar-refractivity contribution >= 4 is 5.91 Å². The van der Waals surface area contributed by atoms with Crippen LogP contribution in [0.4, 0.5) is 0 Å². The zero-order valence-corrected chi connectivity index (χ0v) is 15.6. The number of hydrogen-bond acceptors (Lipinski definition) is 3. The second-order valence-electron chi connectivity index (χ2n) is 6.65. The number of aryl methyl sites for hydroxylation is 1. The van der Waals surface area contributed by atoms with Crippen molar-refractivity contribution in [1.82, 2.24) is 14.9 Å². The van der Waals surface area contributed by atoms with Crippen LogP contribution in [-0.4, -0.2) is 22.0 Å². The third-order valence-electron chi connectivity index (χ3n) is 4.55. The molecule has 1 N–H and O–H groups in total. The van der Waals surface area contributed by atoms with E-state index in [1.807, 2.05) is 84.5 Å². The zero-order chi connectivity index (χ0) is 19.3. The van der Waals surface area contributed by atoms with E-state index in [0.29, 0.717) is 24.4 Å². The zero-order valence-electron chi connectivity index (χ0n) is 15.6. The standard InChI is InChI=1S/C23H21N3O2/c1-17-4-6-19(7-5-17)23-25-20(16-28-23)12-13-24-22(27)18-8-10-21(11-9-18)26-14-2-3-15-26/h2-11,14-16H,12-13H2,1H3,(H,24,27). The van der Waals surface area contributed by atoms with E-state index in [4.69, 9.17) is 4.42 Å². The minimum absolute atomic E-state index is 0.0960. The van der Waals surface area contributed by atoms with E-state index >= 15 is 0 Å². The lowest BCUT2D eigenvalue weighted by Crippen LogP contribution is -2.25. The van der Waals surface area contributed by atoms with Gasteiger partial charge in [-0.15, -0.1) is 0 Å². The number of amides is 1. The molecule has 0 aliphatic rings. The van der Waals surface area contributed by atoms with Crippen molar-refractivity contribution in [1.29, 1.82) is 0 Å². The predicted molar refractivity (Wildman–Crippen MR) is 108 cm³/mol. The predicted octanol–water partition coefficient (Wildman–Crippen LogP) is 4.41. The molecule has 2 aromatic carbocycles. The van der Waals surface area contributed by atoms with Gasteiger partial charge in [-0.2, -0.15) is 0 Å². The van der Waals surface area contributed by atoms with Crippen LogP contribution < -0.4 is 5.32 Å². The number of rotatable bonds is 6.